The van der Waals surface area contributed by atoms with Crippen molar-refractivity contribution in [1.29, 1.82) is 0 Å². The fourth-order valence-corrected chi connectivity index (χ4v) is 9.88. The molecular weight excluding hydrogens is 741 g/mol. The molecule has 0 saturated heterocycles. The highest BCUT2D eigenvalue weighted by molar-refractivity contribution is 6.98. The third kappa shape index (κ3) is 5.98. The number of fused-ring (bicyclic) bond motifs is 8. The number of furan rings is 2. The minimum atomic E-state index is 0.00995. The highest BCUT2D eigenvalue weighted by Gasteiger charge is 2.37. The Morgan fingerprint density at radius 3 is 1.62 bits per heavy atom. The lowest BCUT2D eigenvalue weighted by molar-refractivity contribution is 0.668. The zero-order chi connectivity index (χ0) is 40.4. The van der Waals surface area contributed by atoms with Crippen LogP contribution in [0.15, 0.2) is 209 Å². The van der Waals surface area contributed by atoms with Crippen molar-refractivity contribution in [2.75, 3.05) is 4.90 Å². The molecule has 0 spiro atoms. The van der Waals surface area contributed by atoms with E-state index in [4.69, 9.17) is 8.83 Å². The van der Waals surface area contributed by atoms with E-state index >= 15 is 0 Å². The predicted octanol–water partition coefficient (Wildman–Crippen LogP) is 13.2. The van der Waals surface area contributed by atoms with E-state index in [1.807, 2.05) is 18.2 Å². The first-order valence-corrected chi connectivity index (χ1v) is 21.2. The molecule has 11 aromatic rings. The molecule has 1 aliphatic heterocycles. The van der Waals surface area contributed by atoms with Crippen molar-refractivity contribution < 1.29 is 8.83 Å². The molecule has 0 radical (unpaired) electrons. The van der Waals surface area contributed by atoms with Crippen LogP contribution in [0.2, 0.25) is 0 Å². The van der Waals surface area contributed by atoms with Crippen molar-refractivity contribution in [2.24, 2.45) is 0 Å². The van der Waals surface area contributed by atoms with Gasteiger partial charge in [-0.15, -0.1) is 0 Å². The van der Waals surface area contributed by atoms with Crippen LogP contribution in [0.4, 0.5) is 17.1 Å². The third-order valence-electron chi connectivity index (χ3n) is 12.8. The van der Waals surface area contributed by atoms with Gasteiger partial charge in [-0.1, -0.05) is 156 Å². The van der Waals surface area contributed by atoms with Gasteiger partial charge in [0.05, 0.1) is 0 Å². The number of anilines is 3. The smallest absolute Gasteiger partial charge is 0.247 e. The molecule has 12 rings (SSSR count). The van der Waals surface area contributed by atoms with Gasteiger partial charge < -0.3 is 13.7 Å². The largest absolute Gasteiger partial charge is 0.456 e. The lowest BCUT2D eigenvalue weighted by atomic mass is 9.33. The summed E-state index contributed by atoms with van der Waals surface area (Å²) < 4.78 is 12.8. The van der Waals surface area contributed by atoms with Gasteiger partial charge >= 0.3 is 0 Å². The van der Waals surface area contributed by atoms with Gasteiger partial charge in [0.1, 0.15) is 22.3 Å². The van der Waals surface area contributed by atoms with Crippen molar-refractivity contribution in [3.8, 4) is 22.3 Å². The highest BCUT2D eigenvalue weighted by Crippen LogP contribution is 2.40. The molecule has 9 aromatic carbocycles. The zero-order valence-electron chi connectivity index (χ0n) is 33.8. The van der Waals surface area contributed by atoms with Gasteiger partial charge in [-0.25, -0.2) is 0 Å². The molecule has 3 nitrogen and oxygen atoms in total. The van der Waals surface area contributed by atoms with Crippen LogP contribution in [0, 0.1) is 6.92 Å². The minimum absolute atomic E-state index is 0.00995. The normalized spacial score (nSPS) is 12.4. The van der Waals surface area contributed by atoms with Crippen molar-refractivity contribution in [1.82, 2.24) is 0 Å². The zero-order valence-corrected chi connectivity index (χ0v) is 33.8. The molecule has 2 aromatic heterocycles. The first kappa shape index (κ1) is 35.4. The molecule has 1 aliphatic rings. The summed E-state index contributed by atoms with van der Waals surface area (Å²) >= 11 is 0. The standard InChI is InChI=1S/C57H40BNO2/c1-37-13-12-20-51-57(37)58(49-31-27-39(33-43(49)24-23-38-14-4-2-5-15-38)41-25-29-47-45-18-8-10-21-53(45)60-55(47)35-41)50-32-28-40(34-52(50)59(51)44-16-6-3-7-17-44)42-26-30-48-46-19-9-11-22-54(46)61-56(48)36-42/h2-22,25-36H,23-24H2,1H3. The Morgan fingerprint density at radius 1 is 0.410 bits per heavy atom. The fraction of sp³-hybridized carbons (Fsp3) is 0.0526. The number of hydrogen-bond donors (Lipinski definition) is 0. The van der Waals surface area contributed by atoms with Gasteiger partial charge in [0.25, 0.3) is 0 Å². The molecule has 4 heteroatoms. The van der Waals surface area contributed by atoms with Crippen LogP contribution >= 0.6 is 0 Å². The Hall–Kier alpha value is -7.56. The summed E-state index contributed by atoms with van der Waals surface area (Å²) in [7, 11) is 0. The monoisotopic (exact) mass is 781 g/mol. The molecular formula is C57H40BNO2. The number of para-hydroxylation sites is 3. The van der Waals surface area contributed by atoms with E-state index in [1.54, 1.807) is 0 Å². The van der Waals surface area contributed by atoms with Gasteiger partial charge in [-0.2, -0.15) is 0 Å². The summed E-state index contributed by atoms with van der Waals surface area (Å²) in [5, 5.41) is 4.57. The summed E-state index contributed by atoms with van der Waals surface area (Å²) in [6.45, 7) is 2.29. The molecule has 0 saturated carbocycles. The van der Waals surface area contributed by atoms with Crippen molar-refractivity contribution in [2.45, 2.75) is 19.8 Å². The second kappa shape index (κ2) is 14.3. The fourth-order valence-electron chi connectivity index (χ4n) is 9.88. The quantitative estimate of drug-likeness (QED) is 0.151. The Morgan fingerprint density at radius 2 is 0.951 bits per heavy atom. The van der Waals surface area contributed by atoms with E-state index in [9.17, 15) is 0 Å². The lowest BCUT2D eigenvalue weighted by Crippen LogP contribution is -2.59. The van der Waals surface area contributed by atoms with Crippen LogP contribution in [0.1, 0.15) is 16.7 Å². The van der Waals surface area contributed by atoms with Gasteiger partial charge in [0, 0.05) is 38.6 Å². The second-order valence-electron chi connectivity index (χ2n) is 16.4. The van der Waals surface area contributed by atoms with Gasteiger partial charge in [0.2, 0.25) is 6.71 Å². The summed E-state index contributed by atoms with van der Waals surface area (Å²) in [6.07, 6.45) is 1.85. The molecule has 61 heavy (non-hydrogen) atoms. The molecule has 0 bridgehead atoms. The van der Waals surface area contributed by atoms with Crippen LogP contribution < -0.4 is 21.3 Å². The highest BCUT2D eigenvalue weighted by atomic mass is 16.3. The number of rotatable bonds is 7. The Labute approximate surface area is 355 Å². The van der Waals surface area contributed by atoms with Crippen molar-refractivity contribution in [3.63, 3.8) is 0 Å². The predicted molar refractivity (Wildman–Crippen MR) is 256 cm³/mol. The minimum Gasteiger partial charge on any atom is -0.456 e. The van der Waals surface area contributed by atoms with Gasteiger partial charge in [-0.05, 0) is 119 Å². The summed E-state index contributed by atoms with van der Waals surface area (Å²) in [5.74, 6) is 0. The van der Waals surface area contributed by atoms with Crippen LogP contribution in [-0.2, 0) is 12.8 Å². The average Bonchev–Trinajstić information content (AvgIpc) is 3.88. The van der Waals surface area contributed by atoms with Crippen molar-refractivity contribution in [3.05, 3.63) is 217 Å². The summed E-state index contributed by atoms with van der Waals surface area (Å²) in [4.78, 5) is 2.47. The third-order valence-corrected chi connectivity index (χ3v) is 12.8. The maximum atomic E-state index is 6.38. The van der Waals surface area contributed by atoms with Crippen LogP contribution in [0.5, 0.6) is 0 Å². The van der Waals surface area contributed by atoms with Gasteiger partial charge in [0.15, 0.2) is 0 Å². The van der Waals surface area contributed by atoms with E-state index in [2.05, 4.69) is 194 Å². The Balaban J connectivity index is 1.05. The molecule has 0 N–H and O–H groups in total. The molecule has 288 valence electrons. The maximum Gasteiger partial charge on any atom is 0.247 e. The van der Waals surface area contributed by atoms with Crippen molar-refractivity contribution >= 4 is 84.0 Å². The first-order valence-electron chi connectivity index (χ1n) is 21.2. The molecule has 0 amide bonds. The molecule has 0 unspecified atom stereocenters. The van der Waals surface area contributed by atoms with E-state index in [0.29, 0.717) is 0 Å². The van der Waals surface area contributed by atoms with Crippen LogP contribution in [0.3, 0.4) is 0 Å². The summed E-state index contributed by atoms with van der Waals surface area (Å²) in [6, 6.07) is 72.7. The molecule has 0 atom stereocenters. The molecule has 0 aliphatic carbocycles. The number of benzene rings is 9. The SMILES string of the molecule is Cc1cccc2c1B(c1ccc(-c3ccc4c(c3)oc3ccccc34)cc1CCc1ccccc1)c1ccc(-c3ccc4c(c3)oc3ccccc34)cc1N2c1ccccc1. The molecule has 0 fully saturated rings. The molecule has 3 heterocycles. The number of nitrogens with zero attached hydrogens (tertiary/aromatic N) is 1. The first-order chi connectivity index (χ1) is 30.1. The van der Waals surface area contributed by atoms with E-state index < -0.39 is 0 Å². The maximum absolute atomic E-state index is 6.38. The Kier molecular flexibility index (Phi) is 8.31. The number of aryl methyl sites for hydroxylation is 3. The van der Waals surface area contributed by atoms with E-state index in [-0.39, 0.29) is 6.71 Å². The second-order valence-corrected chi connectivity index (χ2v) is 16.4. The van der Waals surface area contributed by atoms with Crippen LogP contribution in [-0.4, -0.2) is 6.71 Å². The number of hydrogen-bond acceptors (Lipinski definition) is 3. The van der Waals surface area contributed by atoms with E-state index in [1.165, 1.54) is 50.0 Å². The summed E-state index contributed by atoms with van der Waals surface area (Å²) in [5.41, 5.74) is 19.7. The topological polar surface area (TPSA) is 29.5 Å². The average molecular weight is 782 g/mol. The van der Waals surface area contributed by atoms with Gasteiger partial charge in [-0.3, -0.25) is 0 Å². The Bertz CT molecular complexity index is 3460. The van der Waals surface area contributed by atoms with Crippen LogP contribution in [0.25, 0.3) is 66.1 Å². The lowest BCUT2D eigenvalue weighted by Gasteiger charge is -2.38. The van der Waals surface area contributed by atoms with E-state index in [0.717, 1.165) is 79.1 Å².